The number of fused-ring (bicyclic) bond motifs is 4. The van der Waals surface area contributed by atoms with Gasteiger partial charge in [-0.3, -0.25) is 14.2 Å². The van der Waals surface area contributed by atoms with E-state index in [4.69, 9.17) is 9.72 Å². The molecule has 0 spiro atoms. The molecule has 0 saturated carbocycles. The first kappa shape index (κ1) is 19.9. The zero-order valence-electron chi connectivity index (χ0n) is 17.7. The lowest BCUT2D eigenvalue weighted by Gasteiger charge is -2.21. The summed E-state index contributed by atoms with van der Waals surface area (Å²) in [6.07, 6.45) is 2.52. The Kier molecular flexibility index (Phi) is 5.10. The molecule has 0 amide bonds. The molecule has 2 aromatic heterocycles. The highest BCUT2D eigenvalue weighted by Crippen LogP contribution is 2.41. The first-order chi connectivity index (χ1) is 15.1. The molecule has 0 N–H and O–H groups in total. The summed E-state index contributed by atoms with van der Waals surface area (Å²) in [7, 11) is 0. The minimum Gasteiger partial charge on any atom is -0.466 e. The molecule has 158 valence electrons. The Bertz CT molecular complexity index is 1360. The normalized spacial score (nSPS) is 15.9. The molecule has 31 heavy (non-hydrogen) atoms. The molecule has 5 rings (SSSR count). The number of esters is 1. The number of nitrogens with zero attached hydrogens (tertiary/aromatic N) is 2. The fourth-order valence-electron chi connectivity index (χ4n) is 4.68. The van der Waals surface area contributed by atoms with E-state index in [9.17, 15) is 9.59 Å². The Balaban J connectivity index is 1.68. The van der Waals surface area contributed by atoms with E-state index in [1.165, 1.54) is 0 Å². The quantitative estimate of drug-likeness (QED) is 0.428. The molecule has 0 saturated heterocycles. The molecule has 2 aromatic carbocycles. The third-order valence-electron chi connectivity index (χ3n) is 6.14. The minimum atomic E-state index is -0.374. The minimum absolute atomic E-state index is 0.0656. The SMILES string of the molecule is CCOC(=O)C1CCCc2sc3nc(C)n(Cc4cccc5ccccc45)c(=O)c3c21. The van der Waals surface area contributed by atoms with Gasteiger partial charge in [0, 0.05) is 4.88 Å². The molecule has 0 aliphatic heterocycles. The van der Waals surface area contributed by atoms with Crippen LogP contribution in [-0.2, 0) is 22.5 Å². The molecular formula is C25H24N2O3S. The van der Waals surface area contributed by atoms with Gasteiger partial charge in [0.05, 0.1) is 24.5 Å². The molecule has 6 heteroatoms. The zero-order chi connectivity index (χ0) is 21.5. The van der Waals surface area contributed by atoms with Crippen LogP contribution in [-0.4, -0.2) is 22.1 Å². The molecule has 5 nitrogen and oxygen atoms in total. The molecule has 4 aromatic rings. The summed E-state index contributed by atoms with van der Waals surface area (Å²) >= 11 is 1.55. The third-order valence-corrected chi connectivity index (χ3v) is 7.30. The van der Waals surface area contributed by atoms with Gasteiger partial charge in [-0.1, -0.05) is 42.5 Å². The van der Waals surface area contributed by atoms with Crippen LogP contribution in [0, 0.1) is 6.92 Å². The number of hydrogen-bond acceptors (Lipinski definition) is 5. The van der Waals surface area contributed by atoms with Gasteiger partial charge in [-0.25, -0.2) is 4.98 Å². The largest absolute Gasteiger partial charge is 0.466 e. The second-order valence-electron chi connectivity index (χ2n) is 8.00. The highest BCUT2D eigenvalue weighted by molar-refractivity contribution is 7.18. The fraction of sp³-hybridized carbons (Fsp3) is 0.320. The van der Waals surface area contributed by atoms with Crippen molar-refractivity contribution in [2.45, 2.75) is 45.6 Å². The molecule has 1 aliphatic carbocycles. The highest BCUT2D eigenvalue weighted by atomic mass is 32.1. The Morgan fingerprint density at radius 3 is 2.87 bits per heavy atom. The molecule has 1 aliphatic rings. The average molecular weight is 433 g/mol. The van der Waals surface area contributed by atoms with Crippen LogP contribution in [0.5, 0.6) is 0 Å². The van der Waals surface area contributed by atoms with Crippen LogP contribution < -0.4 is 5.56 Å². The van der Waals surface area contributed by atoms with E-state index < -0.39 is 0 Å². The number of ether oxygens (including phenoxy) is 1. The summed E-state index contributed by atoms with van der Waals surface area (Å²) in [5.74, 6) is 0.0844. The monoisotopic (exact) mass is 432 g/mol. The summed E-state index contributed by atoms with van der Waals surface area (Å²) in [4.78, 5) is 33.0. The van der Waals surface area contributed by atoms with Gasteiger partial charge in [0.1, 0.15) is 10.7 Å². The van der Waals surface area contributed by atoms with E-state index in [1.807, 2.05) is 32.0 Å². The summed E-state index contributed by atoms with van der Waals surface area (Å²) in [5, 5.41) is 2.88. The van der Waals surface area contributed by atoms with Crippen molar-refractivity contribution in [3.63, 3.8) is 0 Å². The van der Waals surface area contributed by atoms with Crippen molar-refractivity contribution >= 4 is 38.3 Å². The lowest BCUT2D eigenvalue weighted by molar-refractivity contribution is -0.145. The molecule has 0 fully saturated rings. The van der Waals surface area contributed by atoms with Gasteiger partial charge in [-0.15, -0.1) is 11.3 Å². The Morgan fingerprint density at radius 2 is 2.03 bits per heavy atom. The second kappa shape index (κ2) is 7.93. The number of hydrogen-bond donors (Lipinski definition) is 0. The van der Waals surface area contributed by atoms with Gasteiger partial charge in [0.15, 0.2) is 0 Å². The van der Waals surface area contributed by atoms with Gasteiger partial charge in [0.25, 0.3) is 5.56 Å². The van der Waals surface area contributed by atoms with Crippen LogP contribution in [0.2, 0.25) is 0 Å². The molecule has 0 radical (unpaired) electrons. The molecule has 0 bridgehead atoms. The first-order valence-electron chi connectivity index (χ1n) is 10.7. The summed E-state index contributed by atoms with van der Waals surface area (Å²) in [6, 6.07) is 14.4. The van der Waals surface area contributed by atoms with Crippen LogP contribution in [0.15, 0.2) is 47.3 Å². The molecule has 1 atom stereocenters. The van der Waals surface area contributed by atoms with Crippen LogP contribution >= 0.6 is 11.3 Å². The Hall–Kier alpha value is -2.99. The number of carbonyl (C=O) groups is 1. The third kappa shape index (κ3) is 3.35. The summed E-state index contributed by atoms with van der Waals surface area (Å²) < 4.78 is 7.07. The van der Waals surface area contributed by atoms with Crippen molar-refractivity contribution in [3.05, 3.63) is 74.6 Å². The van der Waals surface area contributed by atoms with E-state index in [2.05, 4.69) is 24.3 Å². The first-order valence-corrected chi connectivity index (χ1v) is 11.6. The van der Waals surface area contributed by atoms with Crippen molar-refractivity contribution in [1.29, 1.82) is 0 Å². The number of benzene rings is 2. The topological polar surface area (TPSA) is 61.2 Å². The predicted molar refractivity (Wildman–Crippen MR) is 124 cm³/mol. The van der Waals surface area contributed by atoms with Crippen LogP contribution in [0.1, 0.15) is 47.5 Å². The second-order valence-corrected chi connectivity index (χ2v) is 9.09. The van der Waals surface area contributed by atoms with Crippen LogP contribution in [0.3, 0.4) is 0 Å². The van der Waals surface area contributed by atoms with Crippen LogP contribution in [0.4, 0.5) is 0 Å². The summed E-state index contributed by atoms with van der Waals surface area (Å²) in [5.41, 5.74) is 1.87. The van der Waals surface area contributed by atoms with Crippen molar-refractivity contribution in [3.8, 4) is 0 Å². The fourth-order valence-corrected chi connectivity index (χ4v) is 5.99. The number of thiophene rings is 1. The van der Waals surface area contributed by atoms with Crippen molar-refractivity contribution < 1.29 is 9.53 Å². The lowest BCUT2D eigenvalue weighted by atomic mass is 9.86. The number of aryl methyl sites for hydroxylation is 2. The van der Waals surface area contributed by atoms with Gasteiger partial charge >= 0.3 is 5.97 Å². The van der Waals surface area contributed by atoms with E-state index in [0.717, 1.165) is 44.4 Å². The average Bonchev–Trinajstić information content (AvgIpc) is 3.15. The highest BCUT2D eigenvalue weighted by Gasteiger charge is 2.33. The number of rotatable bonds is 4. The number of aromatic nitrogens is 2. The van der Waals surface area contributed by atoms with Gasteiger partial charge in [0.2, 0.25) is 0 Å². The van der Waals surface area contributed by atoms with Crippen molar-refractivity contribution in [2.24, 2.45) is 0 Å². The van der Waals surface area contributed by atoms with E-state index in [0.29, 0.717) is 30.8 Å². The zero-order valence-corrected chi connectivity index (χ0v) is 18.5. The Labute approximate surface area is 184 Å². The smallest absolute Gasteiger partial charge is 0.313 e. The maximum absolute atomic E-state index is 13.7. The van der Waals surface area contributed by atoms with Crippen LogP contribution in [0.25, 0.3) is 21.0 Å². The van der Waals surface area contributed by atoms with E-state index >= 15 is 0 Å². The van der Waals surface area contributed by atoms with Crippen molar-refractivity contribution in [1.82, 2.24) is 9.55 Å². The molecule has 2 heterocycles. The van der Waals surface area contributed by atoms with E-state index in [1.54, 1.807) is 15.9 Å². The number of carbonyl (C=O) groups excluding carboxylic acids is 1. The van der Waals surface area contributed by atoms with Gasteiger partial charge < -0.3 is 4.74 Å². The maximum Gasteiger partial charge on any atom is 0.313 e. The molecular weight excluding hydrogens is 408 g/mol. The van der Waals surface area contributed by atoms with Gasteiger partial charge in [-0.05, 0) is 55.0 Å². The van der Waals surface area contributed by atoms with Gasteiger partial charge in [-0.2, -0.15) is 0 Å². The Morgan fingerprint density at radius 1 is 1.23 bits per heavy atom. The van der Waals surface area contributed by atoms with Crippen molar-refractivity contribution in [2.75, 3.05) is 6.61 Å². The lowest BCUT2D eigenvalue weighted by Crippen LogP contribution is -2.27. The molecule has 1 unspecified atom stereocenters. The van der Waals surface area contributed by atoms with E-state index in [-0.39, 0.29) is 17.4 Å². The predicted octanol–water partition coefficient (Wildman–Crippen LogP) is 4.95. The maximum atomic E-state index is 13.7. The summed E-state index contributed by atoms with van der Waals surface area (Å²) in [6.45, 7) is 4.49. The standard InChI is InChI=1S/C25H24N2O3S/c1-3-30-25(29)19-12-7-13-20-21(19)22-23(31-20)26-15(2)27(24(22)28)14-17-10-6-9-16-8-4-5-11-18(16)17/h4-6,8-11,19H,3,7,12-14H2,1-2H3.